The van der Waals surface area contributed by atoms with E-state index in [1.165, 1.54) is 38.5 Å². The largest absolute Gasteiger partial charge is 0.477 e. The van der Waals surface area contributed by atoms with Crippen LogP contribution in [-0.4, -0.2) is 29.1 Å². The summed E-state index contributed by atoms with van der Waals surface area (Å²) in [5.41, 5.74) is 0.494. The summed E-state index contributed by atoms with van der Waals surface area (Å²) < 4.78 is 0. The minimum Gasteiger partial charge on any atom is -0.477 e. The van der Waals surface area contributed by atoms with E-state index in [2.05, 4.69) is 10.6 Å². The summed E-state index contributed by atoms with van der Waals surface area (Å²) in [7, 11) is 0. The number of amides is 1. The number of unbranched alkanes of at least 4 members (excludes halogenated alkanes) is 3. The zero-order valence-electron chi connectivity index (χ0n) is 18.1. The molecule has 4 bridgehead atoms. The molecule has 0 radical (unpaired) electrons. The number of carboxylic acids is 1. The first-order valence-electron chi connectivity index (χ1n) is 11.8. The highest BCUT2D eigenvalue weighted by atomic mass is 16.4. The molecule has 5 nitrogen and oxygen atoms in total. The molecule has 0 aromatic carbocycles. The van der Waals surface area contributed by atoms with Crippen molar-refractivity contribution in [3.8, 4) is 0 Å². The lowest BCUT2D eigenvalue weighted by Gasteiger charge is -2.57. The Morgan fingerprint density at radius 3 is 2.07 bits per heavy atom. The number of rotatable bonds is 10. The summed E-state index contributed by atoms with van der Waals surface area (Å²) >= 11 is 0. The molecular weight excluding hydrogens is 364 g/mol. The Hall–Kier alpha value is -1.36. The fourth-order valence-electron chi connectivity index (χ4n) is 6.70. The van der Waals surface area contributed by atoms with Crippen LogP contribution in [0.2, 0.25) is 0 Å². The van der Waals surface area contributed by atoms with Crippen molar-refractivity contribution in [3.05, 3.63) is 11.8 Å². The quantitative estimate of drug-likeness (QED) is 0.377. The Labute approximate surface area is 175 Å². The molecule has 5 rings (SSSR count). The SMILES string of the molecule is CC1(C)CC1C(=O)N/C(=C/CCCCCNC12CC3CC(CC(C3)C1)C2)C(=O)O. The third-order valence-electron chi connectivity index (χ3n) is 8.09. The summed E-state index contributed by atoms with van der Waals surface area (Å²) in [6.07, 6.45) is 15.0. The van der Waals surface area contributed by atoms with E-state index in [4.69, 9.17) is 0 Å². The zero-order chi connectivity index (χ0) is 20.6. The first kappa shape index (κ1) is 20.9. The minimum atomic E-state index is -1.04. The van der Waals surface area contributed by atoms with E-state index in [-0.39, 0.29) is 22.9 Å². The molecular formula is C24H38N2O3. The van der Waals surface area contributed by atoms with Gasteiger partial charge in [-0.2, -0.15) is 0 Å². The van der Waals surface area contributed by atoms with Crippen LogP contribution in [0.15, 0.2) is 11.8 Å². The Morgan fingerprint density at radius 2 is 1.55 bits per heavy atom. The summed E-state index contributed by atoms with van der Waals surface area (Å²) in [5.74, 6) is 1.68. The van der Waals surface area contributed by atoms with Crippen molar-refractivity contribution >= 4 is 11.9 Å². The molecule has 1 atom stereocenters. The number of carbonyl (C=O) groups is 2. The fraction of sp³-hybridized carbons (Fsp3) is 0.833. The molecule has 5 heteroatoms. The molecule has 0 heterocycles. The maximum absolute atomic E-state index is 12.1. The molecule has 0 aromatic rings. The highest BCUT2D eigenvalue weighted by Crippen LogP contribution is 2.55. The first-order chi connectivity index (χ1) is 13.8. The van der Waals surface area contributed by atoms with Crippen LogP contribution in [0.25, 0.3) is 0 Å². The van der Waals surface area contributed by atoms with Crippen molar-refractivity contribution in [1.82, 2.24) is 10.6 Å². The van der Waals surface area contributed by atoms with E-state index >= 15 is 0 Å². The van der Waals surface area contributed by atoms with E-state index < -0.39 is 5.97 Å². The number of aliphatic carboxylic acids is 1. The molecule has 29 heavy (non-hydrogen) atoms. The third kappa shape index (κ3) is 4.87. The molecule has 5 aliphatic rings. The molecule has 5 aliphatic carbocycles. The van der Waals surface area contributed by atoms with Crippen molar-refractivity contribution < 1.29 is 14.7 Å². The Bertz CT molecular complexity index is 646. The van der Waals surface area contributed by atoms with Gasteiger partial charge in [-0.25, -0.2) is 4.79 Å². The van der Waals surface area contributed by atoms with Crippen LogP contribution in [0.4, 0.5) is 0 Å². The van der Waals surface area contributed by atoms with Gasteiger partial charge < -0.3 is 15.7 Å². The highest BCUT2D eigenvalue weighted by Gasteiger charge is 2.51. The summed E-state index contributed by atoms with van der Waals surface area (Å²) in [6.45, 7) is 5.16. The van der Waals surface area contributed by atoms with Crippen molar-refractivity contribution in [2.75, 3.05) is 6.54 Å². The molecule has 5 fully saturated rings. The van der Waals surface area contributed by atoms with Gasteiger partial charge in [-0.3, -0.25) is 4.79 Å². The second kappa shape index (κ2) is 8.05. The van der Waals surface area contributed by atoms with Crippen LogP contribution in [0.3, 0.4) is 0 Å². The highest BCUT2D eigenvalue weighted by molar-refractivity contribution is 5.94. The van der Waals surface area contributed by atoms with Gasteiger partial charge in [0.15, 0.2) is 0 Å². The molecule has 1 amide bonds. The maximum Gasteiger partial charge on any atom is 0.352 e. The van der Waals surface area contributed by atoms with Crippen LogP contribution in [0, 0.1) is 29.1 Å². The minimum absolute atomic E-state index is 0.0113. The predicted molar refractivity (Wildman–Crippen MR) is 113 cm³/mol. The van der Waals surface area contributed by atoms with Gasteiger partial charge in [-0.15, -0.1) is 0 Å². The number of carboxylic acid groups (broad SMARTS) is 1. The van der Waals surface area contributed by atoms with Gasteiger partial charge in [-0.1, -0.05) is 26.3 Å². The van der Waals surface area contributed by atoms with Crippen molar-refractivity contribution in [2.45, 2.75) is 90.0 Å². The summed E-state index contributed by atoms with van der Waals surface area (Å²) in [4.78, 5) is 23.6. The standard InChI is InChI=1S/C24H38N2O3/c1-23(2)15-19(23)21(27)26-20(22(28)29)7-5-3-4-6-8-25-24-12-16-9-17(13-24)11-18(10-16)14-24/h7,16-19,25H,3-6,8-15H2,1-2H3,(H,26,27)(H,28,29)/b20-7+. The Balaban J connectivity index is 1.14. The van der Waals surface area contributed by atoms with Crippen molar-refractivity contribution in [1.29, 1.82) is 0 Å². The molecule has 0 aromatic heterocycles. The number of carbonyl (C=O) groups excluding carboxylic acids is 1. The van der Waals surface area contributed by atoms with E-state index in [9.17, 15) is 14.7 Å². The van der Waals surface area contributed by atoms with Crippen LogP contribution < -0.4 is 10.6 Å². The predicted octanol–water partition coefficient (Wildman–Crippen LogP) is 4.24. The smallest absolute Gasteiger partial charge is 0.352 e. The number of allylic oxidation sites excluding steroid dienone is 1. The second-order valence-corrected chi connectivity index (χ2v) is 11.1. The lowest BCUT2D eigenvalue weighted by Crippen LogP contribution is -2.58. The fourth-order valence-corrected chi connectivity index (χ4v) is 6.70. The summed E-state index contributed by atoms with van der Waals surface area (Å²) in [5, 5.41) is 15.9. The van der Waals surface area contributed by atoms with E-state index in [1.807, 2.05) is 13.8 Å². The Morgan fingerprint density at radius 1 is 0.966 bits per heavy atom. The van der Waals surface area contributed by atoms with Gasteiger partial charge in [0.1, 0.15) is 5.70 Å². The molecule has 0 aliphatic heterocycles. The first-order valence-corrected chi connectivity index (χ1v) is 11.8. The second-order valence-electron chi connectivity index (χ2n) is 11.1. The maximum atomic E-state index is 12.1. The van der Waals surface area contributed by atoms with Gasteiger partial charge in [0.25, 0.3) is 0 Å². The van der Waals surface area contributed by atoms with Gasteiger partial charge in [-0.05, 0) is 93.9 Å². The summed E-state index contributed by atoms with van der Waals surface area (Å²) in [6, 6.07) is 0. The van der Waals surface area contributed by atoms with E-state index in [1.54, 1.807) is 6.08 Å². The lowest BCUT2D eigenvalue weighted by molar-refractivity contribution is -0.135. The van der Waals surface area contributed by atoms with E-state index in [0.717, 1.165) is 50.0 Å². The average molecular weight is 403 g/mol. The molecule has 5 saturated carbocycles. The monoisotopic (exact) mass is 402 g/mol. The molecule has 1 unspecified atom stereocenters. The van der Waals surface area contributed by atoms with Crippen molar-refractivity contribution in [2.24, 2.45) is 29.1 Å². The molecule has 162 valence electrons. The van der Waals surface area contributed by atoms with Gasteiger partial charge in [0.2, 0.25) is 5.91 Å². The molecule has 0 spiro atoms. The number of hydrogen-bond donors (Lipinski definition) is 3. The van der Waals surface area contributed by atoms with Crippen molar-refractivity contribution in [3.63, 3.8) is 0 Å². The van der Waals surface area contributed by atoms with Crippen LogP contribution in [0.1, 0.15) is 84.5 Å². The normalized spacial score (nSPS) is 36.8. The van der Waals surface area contributed by atoms with Gasteiger partial charge >= 0.3 is 5.97 Å². The third-order valence-corrected chi connectivity index (χ3v) is 8.09. The van der Waals surface area contributed by atoms with E-state index in [0.29, 0.717) is 12.0 Å². The molecule has 0 saturated heterocycles. The van der Waals surface area contributed by atoms with Gasteiger partial charge in [0, 0.05) is 11.5 Å². The topological polar surface area (TPSA) is 78.4 Å². The average Bonchev–Trinajstić information content (AvgIpc) is 3.27. The van der Waals surface area contributed by atoms with Crippen LogP contribution >= 0.6 is 0 Å². The zero-order valence-corrected chi connectivity index (χ0v) is 18.1. The van der Waals surface area contributed by atoms with Gasteiger partial charge in [0.05, 0.1) is 0 Å². The van der Waals surface area contributed by atoms with Crippen LogP contribution in [-0.2, 0) is 9.59 Å². The molecule has 3 N–H and O–H groups in total. The number of hydrogen-bond acceptors (Lipinski definition) is 3. The number of nitrogens with one attached hydrogen (secondary N) is 2. The Kier molecular flexibility index (Phi) is 5.80. The lowest BCUT2D eigenvalue weighted by atomic mass is 9.53. The van der Waals surface area contributed by atoms with Crippen LogP contribution in [0.5, 0.6) is 0 Å².